The van der Waals surface area contributed by atoms with Crippen molar-refractivity contribution in [1.82, 2.24) is 0 Å². The number of anilines is 1. The van der Waals surface area contributed by atoms with Crippen LogP contribution in [0, 0.1) is 34.6 Å². The number of rotatable bonds is 4. The summed E-state index contributed by atoms with van der Waals surface area (Å²) < 4.78 is 0. The lowest BCUT2D eigenvalue weighted by molar-refractivity contribution is -0.120. The molecule has 0 saturated heterocycles. The largest absolute Gasteiger partial charge is 0.269 e. The third-order valence-electron chi connectivity index (χ3n) is 5.44. The van der Waals surface area contributed by atoms with Gasteiger partial charge in [-0.05, 0) is 80.1 Å². The number of hydrogen-bond donors (Lipinski definition) is 0. The Bertz CT molecular complexity index is 896. The number of nitrogens with zero attached hydrogens (tertiary/aromatic N) is 1. The molecule has 134 valence electrons. The minimum absolute atomic E-state index is 0.280. The molecule has 0 aliphatic carbocycles. The fourth-order valence-electron chi connectivity index (χ4n) is 3.35. The van der Waals surface area contributed by atoms with Crippen LogP contribution in [0.4, 0.5) is 5.69 Å². The molecule has 0 spiro atoms. The maximum absolute atomic E-state index is 12.1. The number of thioether (sulfide) groups is 1. The fraction of sp³-hybridized carbons (Fsp3) is 0.273. The highest BCUT2D eigenvalue weighted by Gasteiger charge is 2.27. The van der Waals surface area contributed by atoms with Gasteiger partial charge in [0.15, 0.2) is 0 Å². The summed E-state index contributed by atoms with van der Waals surface area (Å²) in [5.41, 5.74) is 8.68. The van der Waals surface area contributed by atoms with E-state index in [9.17, 15) is 9.59 Å². The summed E-state index contributed by atoms with van der Waals surface area (Å²) in [7, 11) is 0. The van der Waals surface area contributed by atoms with Gasteiger partial charge < -0.3 is 0 Å². The van der Waals surface area contributed by atoms with E-state index in [1.807, 2.05) is 24.3 Å². The predicted molar refractivity (Wildman–Crippen MR) is 108 cm³/mol. The minimum Gasteiger partial charge on any atom is -0.269 e. The molecule has 1 heterocycles. The van der Waals surface area contributed by atoms with Crippen LogP contribution in [-0.2, 0) is 15.3 Å². The molecule has 0 fully saturated rings. The number of para-hydroxylation sites is 1. The highest BCUT2D eigenvalue weighted by Crippen LogP contribution is 2.36. The molecule has 3 rings (SSSR count). The Balaban J connectivity index is 1.93. The van der Waals surface area contributed by atoms with Crippen molar-refractivity contribution in [2.24, 2.45) is 0 Å². The molecular formula is C22H23NO2S. The normalized spacial score (nSPS) is 13.8. The summed E-state index contributed by atoms with van der Waals surface area (Å²) in [5.74, 6) is 0.246. The standard InChI is InChI=1S/C22H23NO2S/c1-13-14(2)16(4)18(17(5)15(13)3)12-26-20-9-7-6-8-19(20)23-21(24)10-11-22(23)25/h6-11H,12H2,1-5H3. The molecule has 0 radical (unpaired) electrons. The number of imide groups is 1. The molecule has 1 aliphatic heterocycles. The number of amides is 2. The first-order chi connectivity index (χ1) is 12.3. The van der Waals surface area contributed by atoms with Gasteiger partial charge >= 0.3 is 0 Å². The fourth-order valence-corrected chi connectivity index (χ4v) is 4.56. The Morgan fingerprint density at radius 3 is 1.85 bits per heavy atom. The molecule has 26 heavy (non-hydrogen) atoms. The lowest BCUT2D eigenvalue weighted by Crippen LogP contribution is -2.29. The van der Waals surface area contributed by atoms with Gasteiger partial charge in [-0.2, -0.15) is 0 Å². The quantitative estimate of drug-likeness (QED) is 0.568. The zero-order chi connectivity index (χ0) is 19.0. The SMILES string of the molecule is Cc1c(C)c(C)c(CSc2ccccc2N2C(=O)C=CC2=O)c(C)c1C. The lowest BCUT2D eigenvalue weighted by atomic mass is 9.90. The Morgan fingerprint density at radius 2 is 1.27 bits per heavy atom. The minimum atomic E-state index is -0.280. The molecule has 3 nitrogen and oxygen atoms in total. The van der Waals surface area contributed by atoms with E-state index in [-0.39, 0.29) is 11.8 Å². The number of carbonyl (C=O) groups is 2. The number of hydrogen-bond acceptors (Lipinski definition) is 3. The Morgan fingerprint density at radius 1 is 0.769 bits per heavy atom. The first-order valence-corrected chi connectivity index (χ1v) is 9.65. The van der Waals surface area contributed by atoms with Gasteiger partial charge in [0.25, 0.3) is 11.8 Å². The average Bonchev–Trinajstić information content (AvgIpc) is 2.97. The van der Waals surface area contributed by atoms with Gasteiger partial charge in [0.1, 0.15) is 0 Å². The van der Waals surface area contributed by atoms with Gasteiger partial charge in [0, 0.05) is 22.8 Å². The first-order valence-electron chi connectivity index (χ1n) is 8.66. The van der Waals surface area contributed by atoms with Crippen molar-refractivity contribution >= 4 is 29.3 Å². The van der Waals surface area contributed by atoms with Crippen LogP contribution in [0.2, 0.25) is 0 Å². The molecule has 0 bridgehead atoms. The molecule has 2 aromatic carbocycles. The van der Waals surface area contributed by atoms with Crippen LogP contribution in [0.5, 0.6) is 0 Å². The summed E-state index contributed by atoms with van der Waals surface area (Å²) >= 11 is 1.67. The van der Waals surface area contributed by atoms with Crippen molar-refractivity contribution in [3.63, 3.8) is 0 Å². The van der Waals surface area contributed by atoms with Crippen molar-refractivity contribution in [3.05, 3.63) is 69.8 Å². The maximum Gasteiger partial charge on any atom is 0.258 e. The van der Waals surface area contributed by atoms with E-state index in [2.05, 4.69) is 34.6 Å². The van der Waals surface area contributed by atoms with Gasteiger partial charge in [0.2, 0.25) is 0 Å². The molecule has 2 amide bonds. The molecule has 1 aliphatic rings. The molecular weight excluding hydrogens is 342 g/mol. The van der Waals surface area contributed by atoms with E-state index >= 15 is 0 Å². The first kappa shape index (κ1) is 18.5. The summed E-state index contributed by atoms with van der Waals surface area (Å²) in [5, 5.41) is 0. The van der Waals surface area contributed by atoms with Crippen LogP contribution in [-0.4, -0.2) is 11.8 Å². The summed E-state index contributed by atoms with van der Waals surface area (Å²) in [6, 6.07) is 7.60. The van der Waals surface area contributed by atoms with Crippen LogP contribution >= 0.6 is 11.8 Å². The van der Waals surface area contributed by atoms with E-state index in [1.54, 1.807) is 11.8 Å². The average molecular weight is 365 g/mol. The second-order valence-corrected chi connectivity index (χ2v) is 7.72. The van der Waals surface area contributed by atoms with Gasteiger partial charge in [0.05, 0.1) is 5.69 Å². The van der Waals surface area contributed by atoms with E-state index in [1.165, 1.54) is 50.4 Å². The summed E-state index contributed by atoms with van der Waals surface area (Å²) in [4.78, 5) is 26.3. The van der Waals surface area contributed by atoms with Gasteiger partial charge in [-0.25, -0.2) is 4.90 Å². The third kappa shape index (κ3) is 3.10. The molecule has 2 aromatic rings. The molecule has 0 saturated carbocycles. The third-order valence-corrected chi connectivity index (χ3v) is 6.53. The predicted octanol–water partition coefficient (Wildman–Crippen LogP) is 4.95. The van der Waals surface area contributed by atoms with Crippen LogP contribution in [0.3, 0.4) is 0 Å². The molecule has 4 heteroatoms. The highest BCUT2D eigenvalue weighted by molar-refractivity contribution is 7.98. The van der Waals surface area contributed by atoms with Crippen LogP contribution in [0.1, 0.15) is 33.4 Å². The summed E-state index contributed by atoms with van der Waals surface area (Å²) in [6.07, 6.45) is 2.65. The van der Waals surface area contributed by atoms with Crippen molar-refractivity contribution in [3.8, 4) is 0 Å². The molecule has 0 unspecified atom stereocenters. The van der Waals surface area contributed by atoms with Gasteiger partial charge in [-0.3, -0.25) is 9.59 Å². The van der Waals surface area contributed by atoms with Crippen molar-refractivity contribution in [2.75, 3.05) is 4.90 Å². The maximum atomic E-state index is 12.1. The van der Waals surface area contributed by atoms with Gasteiger partial charge in [-0.15, -0.1) is 11.8 Å². The molecule has 0 N–H and O–H groups in total. The highest BCUT2D eigenvalue weighted by atomic mass is 32.2. The second kappa shape index (κ2) is 7.12. The van der Waals surface area contributed by atoms with Gasteiger partial charge in [-0.1, -0.05) is 12.1 Å². The summed E-state index contributed by atoms with van der Waals surface area (Å²) in [6.45, 7) is 10.9. The van der Waals surface area contributed by atoms with E-state index in [4.69, 9.17) is 0 Å². The van der Waals surface area contributed by atoms with Crippen molar-refractivity contribution in [1.29, 1.82) is 0 Å². The topological polar surface area (TPSA) is 37.4 Å². The van der Waals surface area contributed by atoms with Crippen LogP contribution < -0.4 is 4.90 Å². The lowest BCUT2D eigenvalue weighted by Gasteiger charge is -2.20. The zero-order valence-electron chi connectivity index (χ0n) is 15.8. The zero-order valence-corrected chi connectivity index (χ0v) is 16.7. The van der Waals surface area contributed by atoms with E-state index < -0.39 is 0 Å². The molecule has 0 atom stereocenters. The Kier molecular flexibility index (Phi) is 5.05. The van der Waals surface area contributed by atoms with Crippen molar-refractivity contribution in [2.45, 2.75) is 45.3 Å². The van der Waals surface area contributed by atoms with E-state index in [0.29, 0.717) is 5.69 Å². The number of benzene rings is 2. The van der Waals surface area contributed by atoms with E-state index in [0.717, 1.165) is 10.6 Å². The number of carbonyl (C=O) groups excluding carboxylic acids is 2. The van der Waals surface area contributed by atoms with Crippen LogP contribution in [0.15, 0.2) is 41.3 Å². The Hall–Kier alpha value is -2.33. The molecule has 0 aromatic heterocycles. The second-order valence-electron chi connectivity index (χ2n) is 6.71. The Labute approximate surface area is 159 Å². The monoisotopic (exact) mass is 365 g/mol. The van der Waals surface area contributed by atoms with Crippen LogP contribution in [0.25, 0.3) is 0 Å². The smallest absolute Gasteiger partial charge is 0.258 e. The van der Waals surface area contributed by atoms with Crippen molar-refractivity contribution < 1.29 is 9.59 Å².